The van der Waals surface area contributed by atoms with E-state index in [0.29, 0.717) is 12.0 Å². The average molecular weight is 341 g/mol. The van der Waals surface area contributed by atoms with Crippen LogP contribution >= 0.6 is 15.9 Å². The maximum Gasteiger partial charge on any atom is 0.0380 e. The first-order valence-corrected chi connectivity index (χ1v) is 8.51. The van der Waals surface area contributed by atoms with E-state index in [1.807, 2.05) is 6.92 Å². The number of hydrogen-bond acceptors (Lipinski definition) is 2. The third-order valence-corrected chi connectivity index (χ3v) is 4.44. The summed E-state index contributed by atoms with van der Waals surface area (Å²) in [4.78, 5) is 2.54. The minimum Gasteiger partial charge on any atom is -0.368 e. The quantitative estimate of drug-likeness (QED) is 0.746. The lowest BCUT2D eigenvalue weighted by atomic mass is 10.0. The van der Waals surface area contributed by atoms with E-state index in [-0.39, 0.29) is 6.04 Å². The summed E-state index contributed by atoms with van der Waals surface area (Å²) in [5.41, 5.74) is 8.45. The Morgan fingerprint density at radius 1 is 1.15 bits per heavy atom. The van der Waals surface area contributed by atoms with Gasteiger partial charge in [-0.3, -0.25) is 0 Å². The van der Waals surface area contributed by atoms with Crippen molar-refractivity contribution in [2.45, 2.75) is 59.5 Å². The molecule has 0 aliphatic carbocycles. The zero-order chi connectivity index (χ0) is 15.3. The number of benzene rings is 1. The van der Waals surface area contributed by atoms with Crippen LogP contribution in [-0.2, 0) is 0 Å². The highest BCUT2D eigenvalue weighted by Crippen LogP contribution is 2.30. The van der Waals surface area contributed by atoms with Gasteiger partial charge in [0.1, 0.15) is 0 Å². The van der Waals surface area contributed by atoms with Crippen LogP contribution in [0.2, 0.25) is 0 Å². The summed E-state index contributed by atoms with van der Waals surface area (Å²) in [6.07, 6.45) is 2.35. The smallest absolute Gasteiger partial charge is 0.0380 e. The highest BCUT2D eigenvalue weighted by molar-refractivity contribution is 9.10. The normalized spacial score (nSPS) is 13.1. The molecule has 0 bridgehead atoms. The maximum atomic E-state index is 5.99. The molecule has 0 spiro atoms. The summed E-state index contributed by atoms with van der Waals surface area (Å²) in [5, 5.41) is 0. The van der Waals surface area contributed by atoms with Gasteiger partial charge in [0, 0.05) is 28.8 Å². The first-order valence-electron chi connectivity index (χ1n) is 7.72. The summed E-state index contributed by atoms with van der Waals surface area (Å²) >= 11 is 3.67. The first kappa shape index (κ1) is 17.5. The second-order valence-electron chi connectivity index (χ2n) is 6.01. The second kappa shape index (κ2) is 8.04. The molecule has 0 heterocycles. The van der Waals surface area contributed by atoms with Crippen molar-refractivity contribution in [1.29, 1.82) is 0 Å². The monoisotopic (exact) mass is 340 g/mol. The van der Waals surface area contributed by atoms with Crippen molar-refractivity contribution < 1.29 is 0 Å². The average Bonchev–Trinajstić information content (AvgIpc) is 2.37. The van der Waals surface area contributed by atoms with E-state index in [9.17, 15) is 0 Å². The molecular weight excluding hydrogens is 312 g/mol. The van der Waals surface area contributed by atoms with E-state index in [4.69, 9.17) is 5.73 Å². The van der Waals surface area contributed by atoms with Crippen molar-refractivity contribution >= 4 is 21.6 Å². The van der Waals surface area contributed by atoms with Gasteiger partial charge in [-0.1, -0.05) is 49.7 Å². The largest absolute Gasteiger partial charge is 0.368 e. The Bertz CT molecular complexity index is 411. The molecule has 20 heavy (non-hydrogen) atoms. The van der Waals surface area contributed by atoms with Crippen molar-refractivity contribution in [3.8, 4) is 0 Å². The summed E-state index contributed by atoms with van der Waals surface area (Å²) in [7, 11) is 0. The van der Waals surface area contributed by atoms with Gasteiger partial charge in [-0.2, -0.15) is 0 Å². The van der Waals surface area contributed by atoms with Gasteiger partial charge in [-0.05, 0) is 43.4 Å². The van der Waals surface area contributed by atoms with E-state index in [1.54, 1.807) is 0 Å². The van der Waals surface area contributed by atoms with Gasteiger partial charge in [0.05, 0.1) is 0 Å². The number of rotatable bonds is 7. The number of nitrogens with two attached hydrogens (primary N) is 1. The lowest BCUT2D eigenvalue weighted by Crippen LogP contribution is -2.37. The Morgan fingerprint density at radius 2 is 1.75 bits per heavy atom. The van der Waals surface area contributed by atoms with Gasteiger partial charge < -0.3 is 10.6 Å². The molecule has 0 aromatic heterocycles. The fraction of sp³-hybridized carbons (Fsp3) is 0.647. The zero-order valence-corrected chi connectivity index (χ0v) is 15.1. The summed E-state index contributed by atoms with van der Waals surface area (Å²) in [5.74, 6) is 0.655. The molecule has 0 aliphatic heterocycles. The molecular formula is C17H29BrN2. The summed E-state index contributed by atoms with van der Waals surface area (Å²) in [6, 6.07) is 7.25. The van der Waals surface area contributed by atoms with Crippen LogP contribution in [0.4, 0.5) is 5.69 Å². The Hall–Kier alpha value is -0.540. The Kier molecular flexibility index (Phi) is 7.04. The maximum absolute atomic E-state index is 5.99. The standard InChI is InChI=1S/C17H29BrN2/c1-6-14(7-2)20(11-12(3)4)15-8-9-16(13(5)19)17(18)10-15/h8-10,12-14H,6-7,11,19H2,1-5H3/t13-/m1/s1. The molecule has 1 aromatic carbocycles. The molecule has 0 saturated carbocycles. The molecule has 1 atom stereocenters. The molecule has 1 aromatic rings. The molecule has 1 rings (SSSR count). The van der Waals surface area contributed by atoms with Crippen LogP contribution in [0.1, 0.15) is 59.1 Å². The topological polar surface area (TPSA) is 29.3 Å². The van der Waals surface area contributed by atoms with Crippen molar-refractivity contribution in [1.82, 2.24) is 0 Å². The molecule has 0 fully saturated rings. The molecule has 0 unspecified atom stereocenters. The minimum atomic E-state index is 0.0603. The molecule has 114 valence electrons. The molecule has 2 N–H and O–H groups in total. The molecule has 3 heteroatoms. The number of nitrogens with zero attached hydrogens (tertiary/aromatic N) is 1. The van der Waals surface area contributed by atoms with Crippen molar-refractivity contribution in [2.75, 3.05) is 11.4 Å². The van der Waals surface area contributed by atoms with Gasteiger partial charge >= 0.3 is 0 Å². The number of halogens is 1. The lowest BCUT2D eigenvalue weighted by molar-refractivity contribution is 0.507. The van der Waals surface area contributed by atoms with Crippen molar-refractivity contribution in [2.24, 2.45) is 11.7 Å². The fourth-order valence-corrected chi connectivity index (χ4v) is 3.38. The van der Waals surface area contributed by atoms with Crippen molar-refractivity contribution in [3.05, 3.63) is 28.2 Å². The van der Waals surface area contributed by atoms with Crippen LogP contribution in [0.5, 0.6) is 0 Å². The van der Waals surface area contributed by atoms with E-state index in [2.05, 4.69) is 66.7 Å². The molecule has 2 nitrogen and oxygen atoms in total. The predicted octanol–water partition coefficient (Wildman–Crippen LogP) is 5.12. The van der Waals surface area contributed by atoms with Gasteiger partial charge in [0.25, 0.3) is 0 Å². The minimum absolute atomic E-state index is 0.0603. The van der Waals surface area contributed by atoms with Crippen LogP contribution in [-0.4, -0.2) is 12.6 Å². The van der Waals surface area contributed by atoms with E-state index in [1.165, 1.54) is 24.1 Å². The third kappa shape index (κ3) is 4.49. The van der Waals surface area contributed by atoms with E-state index < -0.39 is 0 Å². The van der Waals surface area contributed by atoms with E-state index in [0.717, 1.165) is 11.0 Å². The molecule has 0 saturated heterocycles. The van der Waals surface area contributed by atoms with Crippen LogP contribution in [0.3, 0.4) is 0 Å². The lowest BCUT2D eigenvalue weighted by Gasteiger charge is -2.34. The highest BCUT2D eigenvalue weighted by Gasteiger charge is 2.18. The summed E-state index contributed by atoms with van der Waals surface area (Å²) < 4.78 is 1.12. The van der Waals surface area contributed by atoms with Gasteiger partial charge in [0.15, 0.2) is 0 Å². The predicted molar refractivity (Wildman–Crippen MR) is 93.3 cm³/mol. The first-order chi connectivity index (χ1) is 9.40. The van der Waals surface area contributed by atoms with Crippen LogP contribution < -0.4 is 10.6 Å². The Morgan fingerprint density at radius 3 is 2.15 bits per heavy atom. The van der Waals surface area contributed by atoms with Crippen molar-refractivity contribution in [3.63, 3.8) is 0 Å². The Labute approximate surface area is 132 Å². The Balaban J connectivity index is 3.10. The number of hydrogen-bond donors (Lipinski definition) is 1. The van der Waals surface area contributed by atoms with Crippen LogP contribution in [0.25, 0.3) is 0 Å². The van der Waals surface area contributed by atoms with Crippen LogP contribution in [0, 0.1) is 5.92 Å². The molecule has 0 aliphatic rings. The fourth-order valence-electron chi connectivity index (χ4n) is 2.65. The molecule has 0 radical (unpaired) electrons. The van der Waals surface area contributed by atoms with Crippen LogP contribution in [0.15, 0.2) is 22.7 Å². The SMILES string of the molecule is CCC(CC)N(CC(C)C)c1ccc([C@@H](C)N)c(Br)c1. The third-order valence-electron chi connectivity index (χ3n) is 3.75. The zero-order valence-electron chi connectivity index (χ0n) is 13.5. The summed E-state index contributed by atoms with van der Waals surface area (Å²) in [6.45, 7) is 12.2. The molecule has 0 amide bonds. The van der Waals surface area contributed by atoms with Gasteiger partial charge in [0.2, 0.25) is 0 Å². The van der Waals surface area contributed by atoms with Gasteiger partial charge in [-0.25, -0.2) is 0 Å². The van der Waals surface area contributed by atoms with Gasteiger partial charge in [-0.15, -0.1) is 0 Å². The van der Waals surface area contributed by atoms with E-state index >= 15 is 0 Å². The highest BCUT2D eigenvalue weighted by atomic mass is 79.9. The number of anilines is 1. The second-order valence-corrected chi connectivity index (χ2v) is 6.87.